The monoisotopic (exact) mass is 362 g/mol. The molecule has 0 aliphatic carbocycles. The van der Waals surface area contributed by atoms with E-state index in [4.69, 9.17) is 9.47 Å². The van der Waals surface area contributed by atoms with Crippen molar-refractivity contribution < 1.29 is 29.0 Å². The van der Waals surface area contributed by atoms with Gasteiger partial charge in [0, 0.05) is 0 Å². The molecule has 3 aromatic rings. The van der Waals surface area contributed by atoms with Gasteiger partial charge in [0.1, 0.15) is 22.6 Å². The van der Waals surface area contributed by atoms with Gasteiger partial charge >= 0.3 is 17.9 Å². The van der Waals surface area contributed by atoms with Gasteiger partial charge < -0.3 is 14.6 Å². The van der Waals surface area contributed by atoms with Crippen LogP contribution in [0.1, 0.15) is 31.1 Å². The lowest BCUT2D eigenvalue weighted by molar-refractivity contribution is 0.0396. The van der Waals surface area contributed by atoms with Crippen LogP contribution in [-0.2, 0) is 4.74 Å². The van der Waals surface area contributed by atoms with Crippen molar-refractivity contribution >= 4 is 17.9 Å². The highest BCUT2D eigenvalue weighted by atomic mass is 16.6. The number of hydrogen-bond acceptors (Lipinski definition) is 6. The van der Waals surface area contributed by atoms with E-state index in [-0.39, 0.29) is 28.2 Å². The average Bonchev–Trinajstić information content (AvgIpc) is 2.69. The van der Waals surface area contributed by atoms with E-state index in [9.17, 15) is 19.5 Å². The first-order valence-corrected chi connectivity index (χ1v) is 7.97. The number of phenolic OH excluding ortho intramolecular Hbond substituents is 1. The van der Waals surface area contributed by atoms with E-state index in [0.717, 1.165) is 0 Å². The molecule has 1 N–H and O–H groups in total. The van der Waals surface area contributed by atoms with Crippen molar-refractivity contribution in [3.05, 3.63) is 95.6 Å². The van der Waals surface area contributed by atoms with Crippen LogP contribution in [0.3, 0.4) is 0 Å². The van der Waals surface area contributed by atoms with Crippen LogP contribution in [0.15, 0.2) is 78.9 Å². The fourth-order valence-corrected chi connectivity index (χ4v) is 2.30. The van der Waals surface area contributed by atoms with Crippen molar-refractivity contribution in [1.82, 2.24) is 0 Å². The number of hydrogen-bond donors (Lipinski definition) is 1. The normalized spacial score (nSPS) is 10.1. The zero-order valence-corrected chi connectivity index (χ0v) is 14.0. The van der Waals surface area contributed by atoms with Gasteiger partial charge in [-0.3, -0.25) is 0 Å². The summed E-state index contributed by atoms with van der Waals surface area (Å²) in [6.45, 7) is 0. The molecule has 0 spiro atoms. The van der Waals surface area contributed by atoms with Gasteiger partial charge in [0.25, 0.3) is 0 Å². The second-order valence-corrected chi connectivity index (χ2v) is 5.45. The molecule has 0 bridgehead atoms. The van der Waals surface area contributed by atoms with Crippen LogP contribution in [0.5, 0.6) is 11.5 Å². The van der Waals surface area contributed by atoms with Crippen LogP contribution < -0.4 is 4.74 Å². The quantitative estimate of drug-likeness (QED) is 0.433. The zero-order chi connectivity index (χ0) is 19.2. The lowest BCUT2D eigenvalue weighted by Gasteiger charge is -2.10. The molecule has 0 aliphatic rings. The standard InChI is InChI=1S/C21H14O6/c22-17-12-6-4-10-15(17)20(24)26-18-13-7-5-11-16(18)21(25)27-19(23)14-8-2-1-3-9-14/h1-13,22H. The molecule has 3 rings (SSSR count). The van der Waals surface area contributed by atoms with E-state index < -0.39 is 17.9 Å². The molecule has 3 aromatic carbocycles. The molecule has 134 valence electrons. The van der Waals surface area contributed by atoms with Crippen molar-refractivity contribution in [2.45, 2.75) is 0 Å². The molecule has 0 saturated carbocycles. The number of esters is 3. The number of rotatable bonds is 4. The molecule has 0 radical (unpaired) electrons. The van der Waals surface area contributed by atoms with E-state index in [1.54, 1.807) is 42.5 Å². The Labute approximate surface area is 154 Å². The molecule has 0 atom stereocenters. The Morgan fingerprint density at radius 1 is 0.630 bits per heavy atom. The molecular formula is C21H14O6. The highest BCUT2D eigenvalue weighted by Crippen LogP contribution is 2.23. The van der Waals surface area contributed by atoms with Gasteiger partial charge in [0.15, 0.2) is 0 Å². The van der Waals surface area contributed by atoms with E-state index in [1.807, 2.05) is 0 Å². The van der Waals surface area contributed by atoms with Crippen molar-refractivity contribution in [1.29, 1.82) is 0 Å². The van der Waals surface area contributed by atoms with Crippen molar-refractivity contribution in [3.63, 3.8) is 0 Å². The highest BCUT2D eigenvalue weighted by molar-refractivity contribution is 6.04. The van der Waals surface area contributed by atoms with E-state index in [1.165, 1.54) is 36.4 Å². The Morgan fingerprint density at radius 3 is 1.93 bits per heavy atom. The molecule has 0 heterocycles. The van der Waals surface area contributed by atoms with Gasteiger partial charge in [-0.15, -0.1) is 0 Å². The Bertz CT molecular complexity index is 994. The number of para-hydroxylation sites is 2. The Hall–Kier alpha value is -3.93. The number of aromatic hydroxyl groups is 1. The number of ether oxygens (including phenoxy) is 2. The Kier molecular flexibility index (Phi) is 5.28. The Balaban J connectivity index is 1.79. The summed E-state index contributed by atoms with van der Waals surface area (Å²) in [5.41, 5.74) is 0.0705. The predicted octanol–water partition coefficient (Wildman–Crippen LogP) is 3.61. The summed E-state index contributed by atoms with van der Waals surface area (Å²) in [6, 6.07) is 19.8. The van der Waals surface area contributed by atoms with Crippen LogP contribution in [0.4, 0.5) is 0 Å². The summed E-state index contributed by atoms with van der Waals surface area (Å²) >= 11 is 0. The second-order valence-electron chi connectivity index (χ2n) is 5.45. The Morgan fingerprint density at radius 2 is 1.22 bits per heavy atom. The topological polar surface area (TPSA) is 89.9 Å². The molecule has 0 amide bonds. The first kappa shape index (κ1) is 17.9. The molecule has 0 saturated heterocycles. The van der Waals surface area contributed by atoms with E-state index in [0.29, 0.717) is 0 Å². The minimum Gasteiger partial charge on any atom is -0.507 e. The third-order valence-corrected chi connectivity index (χ3v) is 3.63. The maximum atomic E-state index is 12.4. The maximum Gasteiger partial charge on any atom is 0.349 e. The third-order valence-electron chi connectivity index (χ3n) is 3.63. The van der Waals surface area contributed by atoms with Crippen LogP contribution in [0, 0.1) is 0 Å². The summed E-state index contributed by atoms with van der Waals surface area (Å²) in [4.78, 5) is 36.6. The molecule has 6 heteroatoms. The number of carbonyl (C=O) groups is 3. The molecule has 0 fully saturated rings. The zero-order valence-electron chi connectivity index (χ0n) is 14.0. The third kappa shape index (κ3) is 4.19. The van der Waals surface area contributed by atoms with E-state index >= 15 is 0 Å². The molecule has 27 heavy (non-hydrogen) atoms. The smallest absolute Gasteiger partial charge is 0.349 e. The first-order chi connectivity index (χ1) is 13.1. The summed E-state index contributed by atoms with van der Waals surface area (Å²) in [7, 11) is 0. The van der Waals surface area contributed by atoms with Crippen LogP contribution >= 0.6 is 0 Å². The fourth-order valence-electron chi connectivity index (χ4n) is 2.30. The average molecular weight is 362 g/mol. The lowest BCUT2D eigenvalue weighted by atomic mass is 10.2. The SMILES string of the molecule is O=C(OC(=O)c1ccccc1OC(=O)c1ccccc1O)c1ccccc1. The van der Waals surface area contributed by atoms with Crippen LogP contribution in [-0.4, -0.2) is 23.0 Å². The lowest BCUT2D eigenvalue weighted by Crippen LogP contribution is -2.16. The predicted molar refractivity (Wildman–Crippen MR) is 95.7 cm³/mol. The van der Waals surface area contributed by atoms with Gasteiger partial charge in [0.05, 0.1) is 5.56 Å². The summed E-state index contributed by atoms with van der Waals surface area (Å²) < 4.78 is 10.1. The molecule has 0 aromatic heterocycles. The van der Waals surface area contributed by atoms with Gasteiger partial charge in [0.2, 0.25) is 0 Å². The van der Waals surface area contributed by atoms with Crippen molar-refractivity contribution in [2.75, 3.05) is 0 Å². The number of phenols is 1. The maximum absolute atomic E-state index is 12.4. The largest absolute Gasteiger partial charge is 0.507 e. The highest BCUT2D eigenvalue weighted by Gasteiger charge is 2.21. The number of carbonyl (C=O) groups excluding carboxylic acids is 3. The molecule has 0 unspecified atom stereocenters. The van der Waals surface area contributed by atoms with Crippen LogP contribution in [0.25, 0.3) is 0 Å². The summed E-state index contributed by atoms with van der Waals surface area (Å²) in [5.74, 6) is -2.95. The molecular weight excluding hydrogens is 348 g/mol. The van der Waals surface area contributed by atoms with E-state index in [2.05, 4.69) is 0 Å². The second kappa shape index (κ2) is 7.97. The van der Waals surface area contributed by atoms with Crippen LogP contribution in [0.2, 0.25) is 0 Å². The van der Waals surface area contributed by atoms with Gasteiger partial charge in [-0.1, -0.05) is 42.5 Å². The van der Waals surface area contributed by atoms with Gasteiger partial charge in [-0.2, -0.15) is 0 Å². The summed E-state index contributed by atoms with van der Waals surface area (Å²) in [6.07, 6.45) is 0. The minimum absolute atomic E-state index is 0.0546. The van der Waals surface area contributed by atoms with Gasteiger partial charge in [-0.25, -0.2) is 14.4 Å². The van der Waals surface area contributed by atoms with Crippen molar-refractivity contribution in [3.8, 4) is 11.5 Å². The molecule has 6 nitrogen and oxygen atoms in total. The van der Waals surface area contributed by atoms with Crippen molar-refractivity contribution in [2.24, 2.45) is 0 Å². The van der Waals surface area contributed by atoms with Gasteiger partial charge in [-0.05, 0) is 36.4 Å². The number of benzene rings is 3. The molecule has 0 aliphatic heterocycles. The summed E-state index contributed by atoms with van der Waals surface area (Å²) in [5, 5.41) is 9.75. The first-order valence-electron chi connectivity index (χ1n) is 7.97. The fraction of sp³-hybridized carbons (Fsp3) is 0. The minimum atomic E-state index is -0.954.